The van der Waals surface area contributed by atoms with E-state index >= 15 is 0 Å². The smallest absolute Gasteiger partial charge is 0.321 e. The summed E-state index contributed by atoms with van der Waals surface area (Å²) in [5.74, 6) is 0.361. The zero-order valence-electron chi connectivity index (χ0n) is 15.6. The van der Waals surface area contributed by atoms with Gasteiger partial charge in [0.1, 0.15) is 16.7 Å². The van der Waals surface area contributed by atoms with E-state index < -0.39 is 10.0 Å². The van der Waals surface area contributed by atoms with Crippen LogP contribution in [0.25, 0.3) is 0 Å². The van der Waals surface area contributed by atoms with Crippen LogP contribution in [-0.4, -0.2) is 44.6 Å². The molecule has 28 heavy (non-hydrogen) atoms. The lowest BCUT2D eigenvalue weighted by molar-refractivity contribution is 0.157. The van der Waals surface area contributed by atoms with Gasteiger partial charge in [0, 0.05) is 25.2 Å². The highest BCUT2D eigenvalue weighted by atomic mass is 32.2. The van der Waals surface area contributed by atoms with Gasteiger partial charge in [0.05, 0.1) is 6.04 Å². The third-order valence-electron chi connectivity index (χ3n) is 5.24. The van der Waals surface area contributed by atoms with Crippen molar-refractivity contribution < 1.29 is 17.9 Å². The molecule has 0 aliphatic carbocycles. The zero-order chi connectivity index (χ0) is 19.7. The second-order valence-electron chi connectivity index (χ2n) is 7.14. The molecule has 0 bridgehead atoms. The predicted molar refractivity (Wildman–Crippen MR) is 106 cm³/mol. The Labute approximate surface area is 164 Å². The number of hydrogen-bond donors (Lipinski definition) is 2. The van der Waals surface area contributed by atoms with E-state index in [-0.39, 0.29) is 23.1 Å². The van der Waals surface area contributed by atoms with Crippen LogP contribution in [-0.2, 0) is 10.0 Å². The Balaban J connectivity index is 1.50. The van der Waals surface area contributed by atoms with Crippen LogP contribution in [0.5, 0.6) is 5.75 Å². The van der Waals surface area contributed by atoms with Gasteiger partial charge in [-0.1, -0.05) is 30.3 Å². The number of urea groups is 1. The van der Waals surface area contributed by atoms with Crippen molar-refractivity contribution in [2.45, 2.75) is 36.8 Å². The minimum absolute atomic E-state index is 0.164. The van der Waals surface area contributed by atoms with Gasteiger partial charge in [-0.15, -0.1) is 0 Å². The first kappa shape index (κ1) is 18.8. The van der Waals surface area contributed by atoms with Gasteiger partial charge < -0.3 is 15.0 Å². The molecule has 2 aliphatic heterocycles. The van der Waals surface area contributed by atoms with E-state index in [2.05, 4.69) is 10.0 Å². The molecule has 0 radical (unpaired) electrons. The SMILES string of the molecule is Cc1ccccc1NC(=O)N1CC[C@@H]2Oc3ccccc3S(=O)(=O)N[C@@H]2CC1. The largest absolute Gasteiger partial charge is 0.487 e. The van der Waals surface area contributed by atoms with Crippen molar-refractivity contribution in [2.75, 3.05) is 18.4 Å². The highest BCUT2D eigenvalue weighted by molar-refractivity contribution is 7.89. The van der Waals surface area contributed by atoms with Crippen LogP contribution in [0.1, 0.15) is 18.4 Å². The topological polar surface area (TPSA) is 87.7 Å². The van der Waals surface area contributed by atoms with E-state index in [9.17, 15) is 13.2 Å². The van der Waals surface area contributed by atoms with Gasteiger partial charge in [-0.05, 0) is 37.1 Å². The maximum Gasteiger partial charge on any atom is 0.321 e. The third-order valence-corrected chi connectivity index (χ3v) is 6.77. The Bertz CT molecular complexity index is 992. The summed E-state index contributed by atoms with van der Waals surface area (Å²) in [7, 11) is -3.65. The quantitative estimate of drug-likeness (QED) is 0.769. The zero-order valence-corrected chi connectivity index (χ0v) is 16.4. The fourth-order valence-corrected chi connectivity index (χ4v) is 5.09. The molecule has 1 fully saturated rings. The van der Waals surface area contributed by atoms with Gasteiger partial charge >= 0.3 is 6.03 Å². The van der Waals surface area contributed by atoms with Crippen molar-refractivity contribution in [3.8, 4) is 5.75 Å². The molecule has 148 valence electrons. The van der Waals surface area contributed by atoms with Crippen LogP contribution >= 0.6 is 0 Å². The highest BCUT2D eigenvalue weighted by Crippen LogP contribution is 2.31. The molecular weight excluding hydrogens is 378 g/mol. The first-order valence-corrected chi connectivity index (χ1v) is 10.8. The summed E-state index contributed by atoms with van der Waals surface area (Å²) >= 11 is 0. The number of amides is 2. The lowest BCUT2D eigenvalue weighted by Gasteiger charge is -2.22. The number of nitrogens with one attached hydrogen (secondary N) is 2. The third kappa shape index (κ3) is 3.70. The summed E-state index contributed by atoms with van der Waals surface area (Å²) in [6.45, 7) is 2.88. The van der Waals surface area contributed by atoms with Crippen LogP contribution in [0.2, 0.25) is 0 Å². The standard InChI is InChI=1S/C20H23N3O4S/c1-14-6-2-3-7-15(14)21-20(24)23-12-10-16-17(11-13-23)27-18-8-4-5-9-19(18)28(25,26)22-16/h2-9,16-17,22H,10-13H2,1H3,(H,21,24)/t16-,17+/m1/s1. The molecule has 2 amide bonds. The first-order valence-electron chi connectivity index (χ1n) is 9.33. The molecule has 0 unspecified atom stereocenters. The maximum absolute atomic E-state index is 12.7. The minimum Gasteiger partial charge on any atom is -0.487 e. The highest BCUT2D eigenvalue weighted by Gasteiger charge is 2.37. The van der Waals surface area contributed by atoms with Gasteiger partial charge in [-0.3, -0.25) is 0 Å². The monoisotopic (exact) mass is 401 g/mol. The Morgan fingerprint density at radius 3 is 2.64 bits per heavy atom. The molecule has 2 aromatic rings. The van der Waals surface area contributed by atoms with Crippen molar-refractivity contribution in [1.82, 2.24) is 9.62 Å². The van der Waals surface area contributed by atoms with Crippen molar-refractivity contribution in [3.63, 3.8) is 0 Å². The van der Waals surface area contributed by atoms with Gasteiger partial charge in [0.2, 0.25) is 10.0 Å². The summed E-state index contributed by atoms with van der Waals surface area (Å²) in [6, 6.07) is 13.7. The number of carbonyl (C=O) groups excluding carboxylic acids is 1. The number of likely N-dealkylation sites (tertiary alicyclic amines) is 1. The molecule has 4 rings (SSSR count). The van der Waals surface area contributed by atoms with E-state index in [0.717, 1.165) is 11.3 Å². The first-order chi connectivity index (χ1) is 13.4. The number of nitrogens with zero attached hydrogens (tertiary/aromatic N) is 1. The van der Waals surface area contributed by atoms with Gasteiger partial charge in [0.15, 0.2) is 0 Å². The minimum atomic E-state index is -3.65. The molecule has 2 aliphatic rings. The number of fused-ring (bicyclic) bond motifs is 2. The Hall–Kier alpha value is -2.58. The maximum atomic E-state index is 12.7. The number of para-hydroxylation sites is 2. The number of carbonyl (C=O) groups is 1. The lowest BCUT2D eigenvalue weighted by atomic mass is 10.1. The number of sulfonamides is 1. The summed E-state index contributed by atoms with van der Waals surface area (Å²) in [4.78, 5) is 14.6. The summed E-state index contributed by atoms with van der Waals surface area (Å²) in [6.07, 6.45) is 0.705. The normalized spacial score (nSPS) is 23.4. The fraction of sp³-hybridized carbons (Fsp3) is 0.350. The van der Waals surface area contributed by atoms with Crippen LogP contribution in [0, 0.1) is 6.92 Å². The van der Waals surface area contributed by atoms with Gasteiger partial charge in [-0.2, -0.15) is 0 Å². The summed E-state index contributed by atoms with van der Waals surface area (Å²) in [5, 5.41) is 2.94. The number of rotatable bonds is 1. The van der Waals surface area contributed by atoms with E-state index in [1.165, 1.54) is 0 Å². The molecule has 0 saturated carbocycles. The van der Waals surface area contributed by atoms with Crippen LogP contribution < -0.4 is 14.8 Å². The average molecular weight is 401 g/mol. The molecule has 2 N–H and O–H groups in total. The molecular formula is C20H23N3O4S. The molecule has 2 heterocycles. The average Bonchev–Trinajstić information content (AvgIpc) is 2.92. The van der Waals surface area contributed by atoms with E-state index in [1.807, 2.05) is 31.2 Å². The van der Waals surface area contributed by atoms with E-state index in [4.69, 9.17) is 4.74 Å². The van der Waals surface area contributed by atoms with Crippen LogP contribution in [0.3, 0.4) is 0 Å². The Morgan fingerprint density at radius 2 is 1.82 bits per heavy atom. The number of aryl methyl sites for hydroxylation is 1. The van der Waals surface area contributed by atoms with Crippen molar-refractivity contribution in [3.05, 3.63) is 54.1 Å². The molecule has 7 nitrogen and oxygen atoms in total. The second-order valence-corrected chi connectivity index (χ2v) is 8.82. The van der Waals surface area contributed by atoms with E-state index in [0.29, 0.717) is 31.7 Å². The number of anilines is 1. The molecule has 0 aromatic heterocycles. The van der Waals surface area contributed by atoms with Gasteiger partial charge in [0.25, 0.3) is 0 Å². The molecule has 2 aromatic carbocycles. The lowest BCUT2D eigenvalue weighted by Crippen LogP contribution is -2.43. The van der Waals surface area contributed by atoms with Crippen molar-refractivity contribution >= 4 is 21.7 Å². The molecule has 0 spiro atoms. The Morgan fingerprint density at radius 1 is 1.11 bits per heavy atom. The molecule has 2 atom stereocenters. The number of ether oxygens (including phenoxy) is 1. The van der Waals surface area contributed by atoms with Crippen molar-refractivity contribution in [2.24, 2.45) is 0 Å². The van der Waals surface area contributed by atoms with Gasteiger partial charge in [-0.25, -0.2) is 17.9 Å². The summed E-state index contributed by atoms with van der Waals surface area (Å²) in [5.41, 5.74) is 1.76. The molecule has 1 saturated heterocycles. The number of benzene rings is 2. The Kier molecular flexibility index (Phi) is 4.99. The van der Waals surface area contributed by atoms with Crippen LogP contribution in [0.4, 0.5) is 10.5 Å². The summed E-state index contributed by atoms with van der Waals surface area (Å²) < 4.78 is 34.1. The molecule has 8 heteroatoms. The number of hydrogen-bond acceptors (Lipinski definition) is 4. The van der Waals surface area contributed by atoms with E-state index in [1.54, 1.807) is 29.2 Å². The second kappa shape index (κ2) is 7.44. The van der Waals surface area contributed by atoms with Crippen molar-refractivity contribution in [1.29, 1.82) is 0 Å². The fourth-order valence-electron chi connectivity index (χ4n) is 3.66. The van der Waals surface area contributed by atoms with Crippen LogP contribution in [0.15, 0.2) is 53.4 Å². The predicted octanol–water partition coefficient (Wildman–Crippen LogP) is 2.73.